The molecule has 1 aromatic heterocycles. The molecule has 0 atom stereocenters. The van der Waals surface area contributed by atoms with Crippen molar-refractivity contribution in [2.75, 3.05) is 25.1 Å². The molecule has 0 unspecified atom stereocenters. The number of halogens is 1. The monoisotopic (exact) mass is 298 g/mol. The number of ether oxygens (including phenoxy) is 1. The number of nitrogens with zero attached hydrogens (tertiary/aromatic N) is 2. The molecule has 0 aromatic carbocycles. The first kappa shape index (κ1) is 12.4. The predicted molar refractivity (Wildman–Crippen MR) is 69.3 cm³/mol. The minimum absolute atomic E-state index is 0.333. The van der Waals surface area contributed by atoms with Crippen LogP contribution in [0.1, 0.15) is 29.8 Å². The third-order valence-corrected chi connectivity index (χ3v) is 3.50. The summed E-state index contributed by atoms with van der Waals surface area (Å²) in [5.74, 6) is -0.407. The van der Waals surface area contributed by atoms with Gasteiger partial charge in [0.15, 0.2) is 0 Å². The molecule has 1 aliphatic rings. The van der Waals surface area contributed by atoms with Crippen molar-refractivity contribution in [1.82, 2.24) is 4.98 Å². The van der Waals surface area contributed by atoms with E-state index in [9.17, 15) is 4.79 Å². The zero-order valence-electron chi connectivity index (χ0n) is 9.78. The molecule has 1 aromatic rings. The average Bonchev–Trinajstić information content (AvgIpc) is 2.38. The van der Waals surface area contributed by atoms with Gasteiger partial charge in [-0.2, -0.15) is 0 Å². The first-order chi connectivity index (χ1) is 8.22. The molecule has 0 saturated carbocycles. The smallest absolute Gasteiger partial charge is 0.356 e. The molecule has 2 heterocycles. The highest BCUT2D eigenvalue weighted by molar-refractivity contribution is 9.10. The Hall–Kier alpha value is -1.10. The molecule has 17 heavy (non-hydrogen) atoms. The van der Waals surface area contributed by atoms with Crippen LogP contribution in [-0.4, -0.2) is 31.2 Å². The Balaban J connectivity index is 2.21. The predicted octanol–water partition coefficient (Wildman–Crippen LogP) is 2.62. The fraction of sp³-hybridized carbons (Fsp3) is 0.500. The molecule has 0 N–H and O–H groups in total. The third kappa shape index (κ3) is 2.77. The molecule has 2 rings (SSSR count). The van der Waals surface area contributed by atoms with Crippen molar-refractivity contribution >= 4 is 27.6 Å². The molecular formula is C12H15BrN2O2. The molecule has 0 radical (unpaired) electrons. The van der Waals surface area contributed by atoms with Crippen molar-refractivity contribution in [2.45, 2.75) is 19.3 Å². The van der Waals surface area contributed by atoms with Crippen molar-refractivity contribution in [3.63, 3.8) is 0 Å². The van der Waals surface area contributed by atoms with Gasteiger partial charge in [0.2, 0.25) is 0 Å². The molecule has 1 aliphatic heterocycles. The van der Waals surface area contributed by atoms with E-state index in [1.54, 1.807) is 6.07 Å². The first-order valence-electron chi connectivity index (χ1n) is 5.72. The minimum atomic E-state index is -0.407. The van der Waals surface area contributed by atoms with Crippen LogP contribution in [0.25, 0.3) is 0 Å². The van der Waals surface area contributed by atoms with Gasteiger partial charge < -0.3 is 9.64 Å². The second kappa shape index (κ2) is 5.49. The number of esters is 1. The van der Waals surface area contributed by atoms with Crippen LogP contribution >= 0.6 is 15.9 Å². The quantitative estimate of drug-likeness (QED) is 0.622. The highest BCUT2D eigenvalue weighted by Crippen LogP contribution is 2.27. The van der Waals surface area contributed by atoms with E-state index in [2.05, 4.69) is 30.6 Å². The molecular weight excluding hydrogens is 284 g/mol. The van der Waals surface area contributed by atoms with Crippen molar-refractivity contribution in [3.05, 3.63) is 22.4 Å². The standard InChI is InChI=1S/C12H15BrN2O2/c1-17-12(16)9-5-6-10(11(13)14-9)15-7-3-2-4-8-15/h5-6H,2-4,7-8H2,1H3. The van der Waals surface area contributed by atoms with Crippen molar-refractivity contribution in [3.8, 4) is 0 Å². The molecule has 0 spiro atoms. The summed E-state index contributed by atoms with van der Waals surface area (Å²) in [7, 11) is 1.36. The average molecular weight is 299 g/mol. The van der Waals surface area contributed by atoms with Crippen LogP contribution in [-0.2, 0) is 4.74 Å². The Bertz CT molecular complexity index is 417. The number of carbonyl (C=O) groups is 1. The first-order valence-corrected chi connectivity index (χ1v) is 6.51. The number of methoxy groups -OCH3 is 1. The van der Waals surface area contributed by atoms with E-state index in [4.69, 9.17) is 0 Å². The van der Waals surface area contributed by atoms with Crippen molar-refractivity contribution in [1.29, 1.82) is 0 Å². The summed E-state index contributed by atoms with van der Waals surface area (Å²) < 4.78 is 5.35. The fourth-order valence-electron chi connectivity index (χ4n) is 2.02. The van der Waals surface area contributed by atoms with E-state index in [-0.39, 0.29) is 0 Å². The van der Waals surface area contributed by atoms with Gasteiger partial charge in [-0.1, -0.05) is 0 Å². The van der Waals surface area contributed by atoms with Gasteiger partial charge in [0.1, 0.15) is 10.3 Å². The zero-order valence-corrected chi connectivity index (χ0v) is 11.4. The van der Waals surface area contributed by atoms with Crippen LogP contribution in [0.3, 0.4) is 0 Å². The van der Waals surface area contributed by atoms with E-state index in [0.717, 1.165) is 18.8 Å². The highest BCUT2D eigenvalue weighted by atomic mass is 79.9. The summed E-state index contributed by atoms with van der Waals surface area (Å²) in [4.78, 5) is 17.8. The number of piperidine rings is 1. The lowest BCUT2D eigenvalue weighted by atomic mass is 10.1. The molecule has 0 bridgehead atoms. The number of carbonyl (C=O) groups excluding carboxylic acids is 1. The van der Waals surface area contributed by atoms with Crippen molar-refractivity contribution < 1.29 is 9.53 Å². The second-order valence-electron chi connectivity index (χ2n) is 4.05. The van der Waals surface area contributed by atoms with Gasteiger partial charge in [-0.3, -0.25) is 0 Å². The SMILES string of the molecule is COC(=O)c1ccc(N2CCCCC2)c(Br)n1. The van der Waals surface area contributed by atoms with Gasteiger partial charge in [0.25, 0.3) is 0 Å². The van der Waals surface area contributed by atoms with Crippen LogP contribution in [0.4, 0.5) is 5.69 Å². The second-order valence-corrected chi connectivity index (χ2v) is 4.80. The maximum absolute atomic E-state index is 11.3. The van der Waals surface area contributed by atoms with Gasteiger partial charge in [-0.25, -0.2) is 9.78 Å². The molecule has 1 fully saturated rings. The lowest BCUT2D eigenvalue weighted by Crippen LogP contribution is -2.29. The van der Waals surface area contributed by atoms with Gasteiger partial charge in [-0.05, 0) is 47.3 Å². The maximum atomic E-state index is 11.3. The molecule has 0 amide bonds. The summed E-state index contributed by atoms with van der Waals surface area (Å²) in [6.45, 7) is 2.11. The van der Waals surface area contributed by atoms with Gasteiger partial charge in [0.05, 0.1) is 12.8 Å². The van der Waals surface area contributed by atoms with Crippen LogP contribution < -0.4 is 4.90 Å². The molecule has 1 saturated heterocycles. The lowest BCUT2D eigenvalue weighted by molar-refractivity contribution is 0.0594. The van der Waals surface area contributed by atoms with Gasteiger partial charge >= 0.3 is 5.97 Å². The summed E-state index contributed by atoms with van der Waals surface area (Å²) >= 11 is 3.42. The normalized spacial score (nSPS) is 15.8. The van der Waals surface area contributed by atoms with E-state index in [1.807, 2.05) is 6.07 Å². The molecule has 0 aliphatic carbocycles. The lowest BCUT2D eigenvalue weighted by Gasteiger charge is -2.29. The Morgan fingerprint density at radius 2 is 2.06 bits per heavy atom. The summed E-state index contributed by atoms with van der Waals surface area (Å²) in [6.07, 6.45) is 3.72. The number of anilines is 1. The summed E-state index contributed by atoms with van der Waals surface area (Å²) in [6, 6.07) is 3.63. The van der Waals surface area contributed by atoms with Gasteiger partial charge in [-0.15, -0.1) is 0 Å². The summed E-state index contributed by atoms with van der Waals surface area (Å²) in [5.41, 5.74) is 1.39. The van der Waals surface area contributed by atoms with Gasteiger partial charge in [0, 0.05) is 13.1 Å². The third-order valence-electron chi connectivity index (χ3n) is 2.92. The fourth-order valence-corrected chi connectivity index (χ4v) is 2.59. The number of hydrogen-bond donors (Lipinski definition) is 0. The van der Waals surface area contributed by atoms with Crippen LogP contribution in [0.15, 0.2) is 16.7 Å². The Labute approximate surface area is 109 Å². The van der Waals surface area contributed by atoms with Crippen molar-refractivity contribution in [2.24, 2.45) is 0 Å². The number of pyridine rings is 1. The van der Waals surface area contributed by atoms with Crippen LogP contribution in [0.2, 0.25) is 0 Å². The molecule has 92 valence electrons. The van der Waals surface area contributed by atoms with E-state index in [1.165, 1.54) is 26.4 Å². The number of hydrogen-bond acceptors (Lipinski definition) is 4. The Morgan fingerprint density at radius 3 is 2.65 bits per heavy atom. The van der Waals surface area contributed by atoms with Crippen LogP contribution in [0, 0.1) is 0 Å². The Kier molecular flexibility index (Phi) is 3.99. The number of rotatable bonds is 2. The van der Waals surface area contributed by atoms with E-state index < -0.39 is 5.97 Å². The topological polar surface area (TPSA) is 42.4 Å². The Morgan fingerprint density at radius 1 is 1.35 bits per heavy atom. The zero-order chi connectivity index (χ0) is 12.3. The minimum Gasteiger partial charge on any atom is -0.464 e. The number of aromatic nitrogens is 1. The molecule has 4 nitrogen and oxygen atoms in total. The van der Waals surface area contributed by atoms with Crippen LogP contribution in [0.5, 0.6) is 0 Å². The molecule has 5 heteroatoms. The highest BCUT2D eigenvalue weighted by Gasteiger charge is 2.16. The largest absolute Gasteiger partial charge is 0.464 e. The van der Waals surface area contributed by atoms with E-state index in [0.29, 0.717) is 10.3 Å². The summed E-state index contributed by atoms with van der Waals surface area (Å²) in [5, 5.41) is 0. The van der Waals surface area contributed by atoms with E-state index >= 15 is 0 Å². The maximum Gasteiger partial charge on any atom is 0.356 e.